The molecule has 0 radical (unpaired) electrons. The molecule has 18 heavy (non-hydrogen) atoms. The first-order valence-corrected chi connectivity index (χ1v) is 6.78. The summed E-state index contributed by atoms with van der Waals surface area (Å²) in [5.41, 5.74) is 2.06. The van der Waals surface area contributed by atoms with Crippen LogP contribution in [0.4, 0.5) is 0 Å². The Morgan fingerprint density at radius 2 is 2.44 bits per heavy atom. The Hall–Kier alpha value is -1.56. The van der Waals surface area contributed by atoms with Crippen LogP contribution in [0.2, 0.25) is 0 Å². The van der Waals surface area contributed by atoms with Gasteiger partial charge in [-0.2, -0.15) is 0 Å². The Bertz CT molecular complexity index is 459. The summed E-state index contributed by atoms with van der Waals surface area (Å²) in [5.74, 6) is 0.947. The third kappa shape index (κ3) is 3.46. The Balaban J connectivity index is 2.10. The van der Waals surface area contributed by atoms with Gasteiger partial charge in [0.2, 0.25) is 0 Å². The number of pyridine rings is 1. The van der Waals surface area contributed by atoms with Crippen LogP contribution in [0.25, 0.3) is 0 Å². The van der Waals surface area contributed by atoms with E-state index < -0.39 is 0 Å². The summed E-state index contributed by atoms with van der Waals surface area (Å²) >= 11 is 1.55. The number of hydrogen-bond donors (Lipinski definition) is 0. The SMILES string of the molecule is Cc1ccc(CN2CCCSC2=C[N+](=O)[O-])cn1. The van der Waals surface area contributed by atoms with E-state index in [1.807, 2.05) is 30.2 Å². The van der Waals surface area contributed by atoms with Crippen molar-refractivity contribution in [3.63, 3.8) is 0 Å². The third-order valence-corrected chi connectivity index (χ3v) is 3.85. The first-order chi connectivity index (χ1) is 8.65. The average Bonchev–Trinajstić information content (AvgIpc) is 2.34. The Morgan fingerprint density at radius 1 is 1.61 bits per heavy atom. The molecule has 6 heteroatoms. The molecule has 2 rings (SSSR count). The van der Waals surface area contributed by atoms with Gasteiger partial charge in [-0.05, 0) is 25.0 Å². The minimum Gasteiger partial charge on any atom is -0.357 e. The van der Waals surface area contributed by atoms with Crippen LogP contribution < -0.4 is 0 Å². The minimum atomic E-state index is -0.381. The predicted molar refractivity (Wildman–Crippen MR) is 71.5 cm³/mol. The van der Waals surface area contributed by atoms with Crippen LogP contribution in [0.1, 0.15) is 17.7 Å². The van der Waals surface area contributed by atoms with Crippen molar-refractivity contribution in [3.05, 3.63) is 50.9 Å². The van der Waals surface area contributed by atoms with Crippen LogP contribution in [0.5, 0.6) is 0 Å². The average molecular weight is 265 g/mol. The highest BCUT2D eigenvalue weighted by molar-refractivity contribution is 8.03. The molecule has 1 aliphatic rings. The lowest BCUT2D eigenvalue weighted by atomic mass is 10.2. The Labute approximate surface area is 110 Å². The van der Waals surface area contributed by atoms with E-state index >= 15 is 0 Å². The van der Waals surface area contributed by atoms with Gasteiger partial charge in [0.1, 0.15) is 5.03 Å². The smallest absolute Gasteiger partial charge is 0.264 e. The van der Waals surface area contributed by atoms with Crippen molar-refractivity contribution in [2.75, 3.05) is 12.3 Å². The first kappa shape index (κ1) is 12.9. The second kappa shape index (κ2) is 5.86. The van der Waals surface area contributed by atoms with E-state index in [2.05, 4.69) is 4.98 Å². The fraction of sp³-hybridized carbons (Fsp3) is 0.417. The van der Waals surface area contributed by atoms with Gasteiger partial charge in [-0.15, -0.1) is 11.8 Å². The number of rotatable bonds is 3. The van der Waals surface area contributed by atoms with E-state index in [1.165, 1.54) is 0 Å². The van der Waals surface area contributed by atoms with Crippen LogP contribution in [0.15, 0.2) is 29.6 Å². The molecule has 0 N–H and O–H groups in total. The monoisotopic (exact) mass is 265 g/mol. The van der Waals surface area contributed by atoms with Gasteiger partial charge in [0.15, 0.2) is 0 Å². The molecule has 0 bridgehead atoms. The molecular formula is C12H15N3O2S. The molecular weight excluding hydrogens is 250 g/mol. The molecule has 0 aromatic carbocycles. The molecule has 1 fully saturated rings. The van der Waals surface area contributed by atoms with Gasteiger partial charge in [0.25, 0.3) is 6.20 Å². The maximum Gasteiger partial charge on any atom is 0.264 e. The molecule has 0 saturated carbocycles. The van der Waals surface area contributed by atoms with Crippen LogP contribution >= 0.6 is 11.8 Å². The normalized spacial score (nSPS) is 18.1. The summed E-state index contributed by atoms with van der Waals surface area (Å²) in [6.45, 7) is 3.49. The van der Waals surface area contributed by atoms with E-state index in [0.717, 1.165) is 41.2 Å². The lowest BCUT2D eigenvalue weighted by molar-refractivity contribution is -0.403. The molecule has 0 aliphatic carbocycles. The van der Waals surface area contributed by atoms with Gasteiger partial charge in [0, 0.05) is 30.7 Å². The summed E-state index contributed by atoms with van der Waals surface area (Å²) in [7, 11) is 0. The summed E-state index contributed by atoms with van der Waals surface area (Å²) in [6.07, 6.45) is 3.99. The molecule has 1 saturated heterocycles. The van der Waals surface area contributed by atoms with Crippen molar-refractivity contribution in [1.29, 1.82) is 0 Å². The van der Waals surface area contributed by atoms with Gasteiger partial charge < -0.3 is 4.90 Å². The summed E-state index contributed by atoms with van der Waals surface area (Å²) < 4.78 is 0. The topological polar surface area (TPSA) is 59.3 Å². The molecule has 2 heterocycles. The number of aryl methyl sites for hydroxylation is 1. The number of hydrogen-bond acceptors (Lipinski definition) is 5. The Morgan fingerprint density at radius 3 is 3.11 bits per heavy atom. The van der Waals surface area contributed by atoms with E-state index in [9.17, 15) is 10.1 Å². The van der Waals surface area contributed by atoms with Crippen molar-refractivity contribution in [2.45, 2.75) is 19.9 Å². The molecule has 1 aromatic rings. The summed E-state index contributed by atoms with van der Waals surface area (Å²) in [4.78, 5) is 16.5. The van der Waals surface area contributed by atoms with Crippen molar-refractivity contribution in [1.82, 2.24) is 9.88 Å². The fourth-order valence-electron chi connectivity index (χ4n) is 1.81. The maximum absolute atomic E-state index is 10.6. The highest BCUT2D eigenvalue weighted by Gasteiger charge is 2.18. The zero-order valence-electron chi connectivity index (χ0n) is 10.2. The first-order valence-electron chi connectivity index (χ1n) is 5.80. The summed E-state index contributed by atoms with van der Waals surface area (Å²) in [5, 5.41) is 11.3. The zero-order valence-corrected chi connectivity index (χ0v) is 11.0. The zero-order chi connectivity index (χ0) is 13.0. The maximum atomic E-state index is 10.6. The van der Waals surface area contributed by atoms with Gasteiger partial charge in [-0.1, -0.05) is 6.07 Å². The third-order valence-electron chi connectivity index (χ3n) is 2.70. The van der Waals surface area contributed by atoms with E-state index in [1.54, 1.807) is 11.8 Å². The van der Waals surface area contributed by atoms with Crippen LogP contribution in [-0.4, -0.2) is 27.1 Å². The molecule has 0 spiro atoms. The fourth-order valence-corrected chi connectivity index (χ4v) is 2.79. The second-order valence-corrected chi connectivity index (χ2v) is 5.30. The van der Waals surface area contributed by atoms with Crippen molar-refractivity contribution in [3.8, 4) is 0 Å². The van der Waals surface area contributed by atoms with Gasteiger partial charge in [-0.3, -0.25) is 15.1 Å². The quantitative estimate of drug-likeness (QED) is 0.620. The largest absolute Gasteiger partial charge is 0.357 e. The number of thioether (sulfide) groups is 1. The van der Waals surface area contributed by atoms with Crippen LogP contribution in [-0.2, 0) is 6.54 Å². The highest BCUT2D eigenvalue weighted by atomic mass is 32.2. The minimum absolute atomic E-state index is 0.381. The standard InChI is InChI=1S/C12H15N3O2S/c1-10-3-4-11(7-13-10)8-14-5-2-6-18-12(14)9-15(16)17/h3-4,7,9H,2,5-6,8H2,1H3. The molecule has 96 valence electrons. The van der Waals surface area contributed by atoms with Gasteiger partial charge in [0.05, 0.1) is 4.92 Å². The Kier molecular flexibility index (Phi) is 4.19. The van der Waals surface area contributed by atoms with E-state index in [-0.39, 0.29) is 4.92 Å². The van der Waals surface area contributed by atoms with E-state index in [0.29, 0.717) is 6.54 Å². The number of nitro groups is 1. The highest BCUT2D eigenvalue weighted by Crippen LogP contribution is 2.28. The van der Waals surface area contributed by atoms with Crippen molar-refractivity contribution in [2.24, 2.45) is 0 Å². The van der Waals surface area contributed by atoms with Gasteiger partial charge >= 0.3 is 0 Å². The number of aromatic nitrogens is 1. The molecule has 1 aliphatic heterocycles. The second-order valence-electron chi connectivity index (χ2n) is 4.18. The lowest BCUT2D eigenvalue weighted by Gasteiger charge is -2.29. The molecule has 0 unspecified atom stereocenters. The number of nitrogens with zero attached hydrogens (tertiary/aromatic N) is 3. The van der Waals surface area contributed by atoms with Crippen LogP contribution in [0, 0.1) is 17.0 Å². The molecule has 0 atom stereocenters. The lowest BCUT2D eigenvalue weighted by Crippen LogP contribution is -2.27. The molecule has 1 aromatic heterocycles. The van der Waals surface area contributed by atoms with Gasteiger partial charge in [-0.25, -0.2) is 0 Å². The predicted octanol–water partition coefficient (Wildman–Crippen LogP) is 2.40. The molecule has 5 nitrogen and oxygen atoms in total. The summed E-state index contributed by atoms with van der Waals surface area (Å²) in [6, 6.07) is 3.98. The van der Waals surface area contributed by atoms with E-state index in [4.69, 9.17) is 0 Å². The van der Waals surface area contributed by atoms with Crippen molar-refractivity contribution >= 4 is 11.8 Å². The van der Waals surface area contributed by atoms with Crippen molar-refractivity contribution < 1.29 is 4.92 Å². The molecule has 0 amide bonds. The van der Waals surface area contributed by atoms with Crippen LogP contribution in [0.3, 0.4) is 0 Å².